The lowest BCUT2D eigenvalue weighted by molar-refractivity contribution is -0.126. The summed E-state index contributed by atoms with van der Waals surface area (Å²) in [5.41, 5.74) is 1.22. The highest BCUT2D eigenvalue weighted by atomic mass is 16.6. The van der Waals surface area contributed by atoms with E-state index in [-0.39, 0.29) is 34.9 Å². The Labute approximate surface area is 253 Å². The van der Waals surface area contributed by atoms with E-state index in [4.69, 9.17) is 9.15 Å². The minimum Gasteiger partial charge on any atom is -0.462 e. The molecule has 0 saturated heterocycles. The molecule has 13 nitrogen and oxygen atoms in total. The van der Waals surface area contributed by atoms with Crippen LogP contribution in [0.1, 0.15) is 54.3 Å². The van der Waals surface area contributed by atoms with Gasteiger partial charge in [-0.25, -0.2) is 9.80 Å². The maximum absolute atomic E-state index is 14.6. The topological polar surface area (TPSA) is 151 Å². The number of furan rings is 1. The zero-order chi connectivity index (χ0) is 31.6. The monoisotopic (exact) mass is 599 g/mol. The predicted octanol–water partition coefficient (Wildman–Crippen LogP) is 4.16. The number of carbonyl (C=O) groups is 4. The van der Waals surface area contributed by atoms with Gasteiger partial charge in [0.15, 0.2) is 5.76 Å². The third-order valence-electron chi connectivity index (χ3n) is 6.81. The molecule has 44 heavy (non-hydrogen) atoms. The van der Waals surface area contributed by atoms with Crippen LogP contribution in [0.4, 0.5) is 21.9 Å². The number of hydrogen-bond acceptors (Lipinski definition) is 8. The Balaban J connectivity index is 1.56. The summed E-state index contributed by atoms with van der Waals surface area (Å²) in [6.45, 7) is 7.14. The molecular weight excluding hydrogens is 566 g/mol. The SMILES string of the molecule is CCN(C(=O)C1(NC(=O)c2ccccc2NC(=O)c2ccnn2C)NN(C(=O)OC(C)(C)C)c2ccoc21)c1ccccc1. The number of rotatable bonds is 7. The molecule has 0 fully saturated rings. The van der Waals surface area contributed by atoms with E-state index < -0.39 is 35.1 Å². The van der Waals surface area contributed by atoms with Crippen molar-refractivity contribution >= 4 is 40.9 Å². The number of likely N-dealkylation sites (N-methyl/N-ethyl adjacent to an activating group) is 1. The number of nitrogens with one attached hydrogen (secondary N) is 3. The summed E-state index contributed by atoms with van der Waals surface area (Å²) < 4.78 is 12.8. The fourth-order valence-electron chi connectivity index (χ4n) is 4.84. The first-order valence-corrected chi connectivity index (χ1v) is 13.9. The Kier molecular flexibility index (Phi) is 7.98. The Morgan fingerprint density at radius 1 is 1.00 bits per heavy atom. The number of ether oxygens (including phenoxy) is 1. The normalized spacial score (nSPS) is 15.8. The lowest BCUT2D eigenvalue weighted by atomic mass is 10.0. The molecule has 2 aromatic carbocycles. The average Bonchev–Trinajstić information content (AvgIpc) is 3.71. The van der Waals surface area contributed by atoms with Gasteiger partial charge in [-0.1, -0.05) is 30.3 Å². The Bertz CT molecular complexity index is 1710. The van der Waals surface area contributed by atoms with Gasteiger partial charge in [-0.15, -0.1) is 0 Å². The van der Waals surface area contributed by atoms with E-state index in [2.05, 4.69) is 21.2 Å². The van der Waals surface area contributed by atoms with Crippen molar-refractivity contribution in [2.24, 2.45) is 7.05 Å². The predicted molar refractivity (Wildman–Crippen MR) is 162 cm³/mol. The number of benzene rings is 2. The van der Waals surface area contributed by atoms with Crippen molar-refractivity contribution in [3.63, 3.8) is 0 Å². The lowest BCUT2D eigenvalue weighted by Crippen LogP contribution is -2.66. The van der Waals surface area contributed by atoms with Gasteiger partial charge in [0.05, 0.1) is 17.5 Å². The highest BCUT2D eigenvalue weighted by Crippen LogP contribution is 2.40. The molecule has 1 aliphatic rings. The van der Waals surface area contributed by atoms with Crippen LogP contribution in [0.5, 0.6) is 0 Å². The molecular formula is C31H33N7O6. The van der Waals surface area contributed by atoms with Crippen LogP contribution in [0.25, 0.3) is 0 Å². The highest BCUT2D eigenvalue weighted by molar-refractivity contribution is 6.11. The summed E-state index contributed by atoms with van der Waals surface area (Å²) >= 11 is 0. The van der Waals surface area contributed by atoms with E-state index >= 15 is 0 Å². The zero-order valence-corrected chi connectivity index (χ0v) is 25.0. The molecule has 1 aliphatic heterocycles. The van der Waals surface area contributed by atoms with E-state index in [1.165, 1.54) is 34.2 Å². The second kappa shape index (κ2) is 11.7. The molecule has 3 heterocycles. The number of fused-ring (bicyclic) bond motifs is 1. The van der Waals surface area contributed by atoms with Crippen LogP contribution in [0.2, 0.25) is 0 Å². The summed E-state index contributed by atoms with van der Waals surface area (Å²) in [7, 11) is 1.62. The summed E-state index contributed by atoms with van der Waals surface area (Å²) in [5.74, 6) is -1.87. The van der Waals surface area contributed by atoms with Gasteiger partial charge in [-0.3, -0.25) is 19.1 Å². The molecule has 1 unspecified atom stereocenters. The number of hydrogen-bond donors (Lipinski definition) is 3. The van der Waals surface area contributed by atoms with Crippen molar-refractivity contribution < 1.29 is 28.3 Å². The fraction of sp³-hybridized carbons (Fsp3) is 0.258. The number of para-hydroxylation sites is 2. The van der Waals surface area contributed by atoms with Crippen molar-refractivity contribution in [1.29, 1.82) is 0 Å². The van der Waals surface area contributed by atoms with Gasteiger partial charge in [0, 0.05) is 31.5 Å². The number of anilines is 3. The van der Waals surface area contributed by atoms with Crippen LogP contribution in [0, 0.1) is 0 Å². The number of carbonyl (C=O) groups excluding carboxylic acids is 4. The van der Waals surface area contributed by atoms with Crippen LogP contribution in [0.15, 0.2) is 83.6 Å². The van der Waals surface area contributed by atoms with E-state index in [1.807, 2.05) is 6.07 Å². The van der Waals surface area contributed by atoms with Crippen molar-refractivity contribution in [2.45, 2.75) is 39.0 Å². The van der Waals surface area contributed by atoms with Gasteiger partial charge in [-0.05, 0) is 58.0 Å². The number of aromatic nitrogens is 2. The van der Waals surface area contributed by atoms with Crippen LogP contribution in [-0.4, -0.2) is 45.7 Å². The van der Waals surface area contributed by atoms with Gasteiger partial charge in [0.1, 0.15) is 17.0 Å². The number of nitrogens with zero attached hydrogens (tertiary/aromatic N) is 4. The van der Waals surface area contributed by atoms with Crippen LogP contribution in [0.3, 0.4) is 0 Å². The number of aryl methyl sites for hydroxylation is 1. The van der Waals surface area contributed by atoms with E-state index in [0.717, 1.165) is 5.01 Å². The molecule has 4 amide bonds. The summed E-state index contributed by atoms with van der Waals surface area (Å²) in [6, 6.07) is 18.3. The molecule has 3 N–H and O–H groups in total. The Morgan fingerprint density at radius 3 is 2.36 bits per heavy atom. The Morgan fingerprint density at radius 2 is 1.70 bits per heavy atom. The van der Waals surface area contributed by atoms with Crippen molar-refractivity contribution in [2.75, 3.05) is 21.8 Å². The minimum absolute atomic E-state index is 0.0208. The van der Waals surface area contributed by atoms with E-state index in [1.54, 1.807) is 83.3 Å². The molecule has 0 bridgehead atoms. The average molecular weight is 600 g/mol. The smallest absolute Gasteiger partial charge is 0.429 e. The first-order chi connectivity index (χ1) is 20.9. The minimum atomic E-state index is -2.09. The van der Waals surface area contributed by atoms with Gasteiger partial charge in [-0.2, -0.15) is 10.5 Å². The summed E-state index contributed by atoms with van der Waals surface area (Å²) in [4.78, 5) is 56.4. The molecule has 13 heteroatoms. The first kappa shape index (κ1) is 30.0. The zero-order valence-electron chi connectivity index (χ0n) is 25.0. The van der Waals surface area contributed by atoms with Crippen molar-refractivity contribution in [3.8, 4) is 0 Å². The van der Waals surface area contributed by atoms with Gasteiger partial charge in [0.2, 0.25) is 0 Å². The van der Waals surface area contributed by atoms with Gasteiger partial charge in [0.25, 0.3) is 23.4 Å². The molecule has 4 aromatic rings. The molecule has 0 spiro atoms. The molecule has 2 aromatic heterocycles. The van der Waals surface area contributed by atoms with Crippen molar-refractivity contribution in [3.05, 3.63) is 96.2 Å². The quantitative estimate of drug-likeness (QED) is 0.287. The summed E-state index contributed by atoms with van der Waals surface area (Å²) in [6.07, 6.45) is 1.99. The molecule has 0 aliphatic carbocycles. The lowest BCUT2D eigenvalue weighted by Gasteiger charge is -2.35. The third-order valence-corrected chi connectivity index (χ3v) is 6.81. The van der Waals surface area contributed by atoms with E-state index in [0.29, 0.717) is 5.69 Å². The van der Waals surface area contributed by atoms with Crippen LogP contribution < -0.4 is 26.0 Å². The summed E-state index contributed by atoms with van der Waals surface area (Å²) in [5, 5.41) is 10.6. The fourth-order valence-corrected chi connectivity index (χ4v) is 4.84. The molecule has 5 rings (SSSR count). The van der Waals surface area contributed by atoms with Crippen LogP contribution >= 0.6 is 0 Å². The van der Waals surface area contributed by atoms with Gasteiger partial charge < -0.3 is 24.7 Å². The van der Waals surface area contributed by atoms with Crippen LogP contribution in [-0.2, 0) is 22.2 Å². The second-order valence-corrected chi connectivity index (χ2v) is 11.0. The standard InChI is InChI=1S/C31H33N7O6/c1-6-37(20-12-8-7-9-13-20)28(41)31(25-23(17-19-43-25)38(35-31)29(42)44-30(2,3)4)34-26(39)21-14-10-11-15-22(21)33-27(40)24-16-18-32-36(24)5/h7-19,35H,6H2,1-5H3,(H,33,40)(H,34,39). The second-order valence-electron chi connectivity index (χ2n) is 11.0. The molecule has 0 saturated carbocycles. The maximum Gasteiger partial charge on any atom is 0.429 e. The molecule has 1 atom stereocenters. The number of hydrazine groups is 1. The van der Waals surface area contributed by atoms with Crippen molar-refractivity contribution in [1.82, 2.24) is 20.5 Å². The maximum atomic E-state index is 14.6. The first-order valence-electron chi connectivity index (χ1n) is 13.9. The number of amides is 4. The highest BCUT2D eigenvalue weighted by Gasteiger charge is 2.57. The Hall–Kier alpha value is -5.43. The van der Waals surface area contributed by atoms with Gasteiger partial charge >= 0.3 is 6.09 Å². The third kappa shape index (κ3) is 5.64. The largest absolute Gasteiger partial charge is 0.462 e. The van der Waals surface area contributed by atoms with E-state index in [9.17, 15) is 19.2 Å². The molecule has 0 radical (unpaired) electrons. The molecule has 228 valence electrons.